The molecule has 86 valence electrons. The number of ether oxygens (including phenoxy) is 1. The lowest BCUT2D eigenvalue weighted by molar-refractivity contribution is -0.122. The maximum atomic E-state index is 11.5. The zero-order valence-corrected chi connectivity index (χ0v) is 9.75. The van der Waals surface area contributed by atoms with E-state index in [0.717, 1.165) is 17.9 Å². The van der Waals surface area contributed by atoms with Gasteiger partial charge in [-0.25, -0.2) is 0 Å². The predicted molar refractivity (Wildman–Crippen MR) is 62.6 cm³/mol. The van der Waals surface area contributed by atoms with Gasteiger partial charge in [0.15, 0.2) is 0 Å². The summed E-state index contributed by atoms with van der Waals surface area (Å²) in [5, 5.41) is 3.42. The summed E-state index contributed by atoms with van der Waals surface area (Å²) in [5.41, 5.74) is 0.865. The zero-order valence-electron chi connectivity index (χ0n) is 9.75. The summed E-state index contributed by atoms with van der Waals surface area (Å²) in [6.45, 7) is 2.82. The van der Waals surface area contributed by atoms with Crippen LogP contribution in [0.1, 0.15) is 25.3 Å². The molecule has 16 heavy (non-hydrogen) atoms. The Hall–Kier alpha value is -1.35. The molecule has 1 N–H and O–H groups in total. The van der Waals surface area contributed by atoms with E-state index in [1.807, 2.05) is 24.3 Å². The van der Waals surface area contributed by atoms with E-state index in [9.17, 15) is 4.79 Å². The van der Waals surface area contributed by atoms with Gasteiger partial charge in [-0.05, 0) is 24.6 Å². The first-order valence-corrected chi connectivity index (χ1v) is 5.55. The number of carbonyl (C=O) groups is 1. The average molecular weight is 219 g/mol. The van der Waals surface area contributed by atoms with Gasteiger partial charge in [-0.15, -0.1) is 0 Å². The Balaban J connectivity index is 2.30. The summed E-state index contributed by atoms with van der Waals surface area (Å²) < 4.78 is 5.20. The normalized spacial score (nSPS) is 25.5. The highest BCUT2D eigenvalue weighted by Crippen LogP contribution is 2.30. The molecule has 0 aliphatic carbocycles. The summed E-state index contributed by atoms with van der Waals surface area (Å²) in [5.74, 6) is 1.16. The van der Waals surface area contributed by atoms with Crippen LogP contribution in [0.2, 0.25) is 0 Å². The molecule has 1 atom stereocenters. The van der Waals surface area contributed by atoms with Gasteiger partial charge in [0.05, 0.1) is 7.11 Å². The van der Waals surface area contributed by atoms with Gasteiger partial charge >= 0.3 is 0 Å². The van der Waals surface area contributed by atoms with Crippen LogP contribution in [-0.4, -0.2) is 19.4 Å². The highest BCUT2D eigenvalue weighted by molar-refractivity contribution is 5.81. The fourth-order valence-corrected chi connectivity index (χ4v) is 2.19. The number of ketones is 1. The number of piperidine rings is 1. The molecule has 0 amide bonds. The molecule has 3 nitrogen and oxygen atoms in total. The number of Topliss-reactive ketones (excluding diaryl/α,β-unsaturated/α-hetero) is 1. The third-order valence-electron chi connectivity index (χ3n) is 3.18. The minimum Gasteiger partial charge on any atom is -0.497 e. The van der Waals surface area contributed by atoms with Crippen LogP contribution < -0.4 is 10.1 Å². The number of nitrogens with one attached hydrogen (secondary N) is 1. The summed E-state index contributed by atoms with van der Waals surface area (Å²) >= 11 is 0. The number of benzene rings is 1. The molecule has 0 spiro atoms. The third-order valence-corrected chi connectivity index (χ3v) is 3.18. The summed E-state index contributed by atoms with van der Waals surface area (Å²) in [7, 11) is 1.65. The van der Waals surface area contributed by atoms with Crippen LogP contribution in [0, 0.1) is 0 Å². The SMILES string of the molecule is COc1cccc(C2(C)CC(=O)CCN2)c1. The molecular formula is C13H17NO2. The molecule has 1 aromatic rings. The highest BCUT2D eigenvalue weighted by atomic mass is 16.5. The lowest BCUT2D eigenvalue weighted by Gasteiger charge is -2.34. The van der Waals surface area contributed by atoms with E-state index in [0.29, 0.717) is 18.6 Å². The molecule has 1 unspecified atom stereocenters. The Morgan fingerprint density at radius 1 is 1.44 bits per heavy atom. The van der Waals surface area contributed by atoms with Crippen LogP contribution in [0.25, 0.3) is 0 Å². The Morgan fingerprint density at radius 2 is 2.25 bits per heavy atom. The molecule has 0 saturated carbocycles. The molecule has 3 heteroatoms. The van der Waals surface area contributed by atoms with Crippen molar-refractivity contribution in [2.24, 2.45) is 0 Å². The molecule has 0 bridgehead atoms. The zero-order chi connectivity index (χ0) is 11.6. The van der Waals surface area contributed by atoms with Crippen LogP contribution in [0.5, 0.6) is 5.75 Å². The van der Waals surface area contributed by atoms with Gasteiger partial charge in [-0.3, -0.25) is 4.79 Å². The summed E-state index contributed by atoms with van der Waals surface area (Å²) in [6.07, 6.45) is 1.19. The summed E-state index contributed by atoms with van der Waals surface area (Å²) in [4.78, 5) is 11.5. The van der Waals surface area contributed by atoms with E-state index >= 15 is 0 Å². The topological polar surface area (TPSA) is 38.3 Å². The van der Waals surface area contributed by atoms with Crippen LogP contribution >= 0.6 is 0 Å². The third kappa shape index (κ3) is 2.09. The maximum Gasteiger partial charge on any atom is 0.136 e. The van der Waals surface area contributed by atoms with Crippen molar-refractivity contribution in [2.75, 3.05) is 13.7 Å². The van der Waals surface area contributed by atoms with Crippen LogP contribution in [0.3, 0.4) is 0 Å². The first kappa shape index (κ1) is 11.1. The number of hydrogen-bond acceptors (Lipinski definition) is 3. The molecule has 1 saturated heterocycles. The van der Waals surface area contributed by atoms with Crippen LogP contribution in [0.15, 0.2) is 24.3 Å². The predicted octanol–water partition coefficient (Wildman–Crippen LogP) is 1.86. The van der Waals surface area contributed by atoms with Crippen LogP contribution in [-0.2, 0) is 10.3 Å². The fourth-order valence-electron chi connectivity index (χ4n) is 2.19. The van der Waals surface area contributed by atoms with Crippen molar-refractivity contribution >= 4 is 5.78 Å². The molecule has 1 aliphatic heterocycles. The van der Waals surface area contributed by atoms with E-state index < -0.39 is 0 Å². The number of hydrogen-bond donors (Lipinski definition) is 1. The molecule has 1 heterocycles. The van der Waals surface area contributed by atoms with Gasteiger partial charge in [0.2, 0.25) is 0 Å². The van der Waals surface area contributed by atoms with Crippen molar-refractivity contribution in [1.82, 2.24) is 5.32 Å². The largest absolute Gasteiger partial charge is 0.497 e. The minimum atomic E-state index is -0.246. The van der Waals surface area contributed by atoms with E-state index in [4.69, 9.17) is 4.74 Å². The number of rotatable bonds is 2. The Morgan fingerprint density at radius 3 is 2.94 bits per heavy atom. The first-order valence-electron chi connectivity index (χ1n) is 5.55. The Labute approximate surface area is 95.8 Å². The Bertz CT molecular complexity index is 403. The van der Waals surface area contributed by atoms with Gasteiger partial charge in [0.25, 0.3) is 0 Å². The first-order chi connectivity index (χ1) is 7.64. The number of carbonyl (C=O) groups excluding carboxylic acids is 1. The average Bonchev–Trinajstić information content (AvgIpc) is 2.29. The molecule has 1 aromatic carbocycles. The smallest absolute Gasteiger partial charge is 0.136 e. The quantitative estimate of drug-likeness (QED) is 0.825. The second-order valence-corrected chi connectivity index (χ2v) is 4.46. The second kappa shape index (κ2) is 4.26. The molecular weight excluding hydrogens is 202 g/mol. The number of methoxy groups -OCH3 is 1. The molecule has 0 radical (unpaired) electrons. The minimum absolute atomic E-state index is 0.246. The van der Waals surface area contributed by atoms with E-state index in [-0.39, 0.29) is 5.54 Å². The van der Waals surface area contributed by atoms with Crippen molar-refractivity contribution in [2.45, 2.75) is 25.3 Å². The van der Waals surface area contributed by atoms with Gasteiger partial charge in [-0.2, -0.15) is 0 Å². The monoisotopic (exact) mass is 219 g/mol. The van der Waals surface area contributed by atoms with Crippen molar-refractivity contribution in [3.05, 3.63) is 29.8 Å². The Kier molecular flexibility index (Phi) is 2.97. The molecule has 1 fully saturated rings. The van der Waals surface area contributed by atoms with Gasteiger partial charge in [0, 0.05) is 24.9 Å². The standard InChI is InChI=1S/C13H17NO2/c1-13(9-11(15)6-7-14-13)10-4-3-5-12(8-10)16-2/h3-5,8,14H,6-7,9H2,1-2H3. The van der Waals surface area contributed by atoms with Gasteiger partial charge < -0.3 is 10.1 Å². The fraction of sp³-hybridized carbons (Fsp3) is 0.462. The second-order valence-electron chi connectivity index (χ2n) is 4.46. The molecule has 2 rings (SSSR count). The van der Waals surface area contributed by atoms with Crippen molar-refractivity contribution in [1.29, 1.82) is 0 Å². The lowest BCUT2D eigenvalue weighted by Crippen LogP contribution is -2.46. The van der Waals surface area contributed by atoms with E-state index in [1.165, 1.54) is 0 Å². The maximum absolute atomic E-state index is 11.5. The van der Waals surface area contributed by atoms with E-state index in [1.54, 1.807) is 7.11 Å². The lowest BCUT2D eigenvalue weighted by atomic mass is 9.83. The van der Waals surface area contributed by atoms with Crippen LogP contribution in [0.4, 0.5) is 0 Å². The van der Waals surface area contributed by atoms with E-state index in [2.05, 4.69) is 12.2 Å². The van der Waals surface area contributed by atoms with Gasteiger partial charge in [-0.1, -0.05) is 12.1 Å². The summed E-state index contributed by atoms with van der Waals surface area (Å²) in [6, 6.07) is 7.90. The van der Waals surface area contributed by atoms with Crippen molar-refractivity contribution in [3.8, 4) is 5.75 Å². The van der Waals surface area contributed by atoms with Gasteiger partial charge in [0.1, 0.15) is 11.5 Å². The highest BCUT2D eigenvalue weighted by Gasteiger charge is 2.32. The molecule has 0 aromatic heterocycles. The molecule has 1 aliphatic rings. The van der Waals surface area contributed by atoms with Crippen molar-refractivity contribution < 1.29 is 9.53 Å². The van der Waals surface area contributed by atoms with Crippen molar-refractivity contribution in [3.63, 3.8) is 0 Å².